The van der Waals surface area contributed by atoms with E-state index in [0.717, 1.165) is 17.9 Å². The first-order valence-corrected chi connectivity index (χ1v) is 7.92. The Hall–Kier alpha value is -1.06. The van der Waals surface area contributed by atoms with Gasteiger partial charge in [0.2, 0.25) is 5.91 Å². The van der Waals surface area contributed by atoms with Crippen LogP contribution in [0.4, 0.5) is 0 Å². The van der Waals surface area contributed by atoms with Gasteiger partial charge in [0.1, 0.15) is 0 Å². The standard InChI is InChI=1S/C17H25ClN2O/c1-16(2,3)14(19)15(21)20-11-17(9-4-10-17)12-5-7-13(18)8-6-12/h5-8,14H,4,9-11,19H2,1-3H3,(H,20,21)/t14-/m1/s1. The summed E-state index contributed by atoms with van der Waals surface area (Å²) in [6.45, 7) is 6.60. The van der Waals surface area contributed by atoms with Crippen LogP contribution in [0.2, 0.25) is 5.02 Å². The molecule has 1 aromatic carbocycles. The number of hydrogen-bond acceptors (Lipinski definition) is 2. The van der Waals surface area contributed by atoms with Crippen LogP contribution in [0.25, 0.3) is 0 Å². The topological polar surface area (TPSA) is 55.1 Å². The van der Waals surface area contributed by atoms with E-state index in [-0.39, 0.29) is 16.7 Å². The van der Waals surface area contributed by atoms with Crippen molar-refractivity contribution in [2.45, 2.75) is 51.5 Å². The Morgan fingerprint density at radius 3 is 2.33 bits per heavy atom. The van der Waals surface area contributed by atoms with Gasteiger partial charge < -0.3 is 11.1 Å². The molecule has 3 nitrogen and oxygen atoms in total. The Labute approximate surface area is 132 Å². The van der Waals surface area contributed by atoms with Crippen molar-refractivity contribution >= 4 is 17.5 Å². The van der Waals surface area contributed by atoms with E-state index in [0.29, 0.717) is 6.54 Å². The Bertz CT molecular complexity index is 501. The van der Waals surface area contributed by atoms with Crippen molar-refractivity contribution in [1.29, 1.82) is 0 Å². The van der Waals surface area contributed by atoms with Crippen molar-refractivity contribution in [2.24, 2.45) is 11.1 Å². The number of nitrogens with two attached hydrogens (primary N) is 1. The molecule has 1 amide bonds. The van der Waals surface area contributed by atoms with Crippen LogP contribution in [0, 0.1) is 5.41 Å². The smallest absolute Gasteiger partial charge is 0.237 e. The normalized spacial score (nSPS) is 18.7. The van der Waals surface area contributed by atoms with Gasteiger partial charge in [-0.05, 0) is 36.0 Å². The van der Waals surface area contributed by atoms with E-state index in [1.807, 2.05) is 32.9 Å². The molecule has 0 bridgehead atoms. The van der Waals surface area contributed by atoms with Gasteiger partial charge in [-0.2, -0.15) is 0 Å². The largest absolute Gasteiger partial charge is 0.354 e. The minimum Gasteiger partial charge on any atom is -0.354 e. The predicted octanol–water partition coefficient (Wildman–Crippen LogP) is 3.25. The first-order valence-electron chi connectivity index (χ1n) is 7.54. The molecule has 1 aliphatic carbocycles. The molecule has 1 saturated carbocycles. The third kappa shape index (κ3) is 3.58. The highest BCUT2D eigenvalue weighted by Gasteiger charge is 2.39. The summed E-state index contributed by atoms with van der Waals surface area (Å²) in [5.41, 5.74) is 7.09. The maximum Gasteiger partial charge on any atom is 0.237 e. The summed E-state index contributed by atoms with van der Waals surface area (Å²) in [5.74, 6) is -0.0669. The summed E-state index contributed by atoms with van der Waals surface area (Å²) in [5, 5.41) is 3.79. The van der Waals surface area contributed by atoms with Gasteiger partial charge in [-0.1, -0.05) is 50.9 Å². The van der Waals surface area contributed by atoms with Gasteiger partial charge >= 0.3 is 0 Å². The van der Waals surface area contributed by atoms with Crippen molar-refractivity contribution in [3.63, 3.8) is 0 Å². The number of amides is 1. The van der Waals surface area contributed by atoms with Crippen LogP contribution < -0.4 is 11.1 Å². The number of nitrogens with one attached hydrogen (secondary N) is 1. The van der Waals surface area contributed by atoms with Crippen LogP contribution >= 0.6 is 11.6 Å². The number of halogens is 1. The van der Waals surface area contributed by atoms with Gasteiger partial charge in [-0.25, -0.2) is 0 Å². The lowest BCUT2D eigenvalue weighted by molar-refractivity contribution is -0.125. The molecule has 1 fully saturated rings. The van der Waals surface area contributed by atoms with Crippen LogP contribution in [0.5, 0.6) is 0 Å². The lowest BCUT2D eigenvalue weighted by atomic mass is 9.64. The zero-order chi connectivity index (χ0) is 15.7. The fourth-order valence-corrected chi connectivity index (χ4v) is 2.86. The summed E-state index contributed by atoms with van der Waals surface area (Å²) in [4.78, 5) is 12.2. The molecule has 0 aromatic heterocycles. The number of rotatable bonds is 4. The highest BCUT2D eigenvalue weighted by Crippen LogP contribution is 2.43. The van der Waals surface area contributed by atoms with Crippen LogP contribution in [0.15, 0.2) is 24.3 Å². The number of benzene rings is 1. The highest BCUT2D eigenvalue weighted by atomic mass is 35.5. The van der Waals surface area contributed by atoms with Crippen molar-refractivity contribution in [3.8, 4) is 0 Å². The second-order valence-corrected chi connectivity index (χ2v) is 7.64. The number of carbonyl (C=O) groups is 1. The molecule has 1 aromatic rings. The summed E-state index contributed by atoms with van der Waals surface area (Å²) in [7, 11) is 0. The molecule has 21 heavy (non-hydrogen) atoms. The van der Waals surface area contributed by atoms with Crippen molar-refractivity contribution in [2.75, 3.05) is 6.54 Å². The van der Waals surface area contributed by atoms with Gasteiger partial charge in [0.15, 0.2) is 0 Å². The first-order chi connectivity index (χ1) is 9.74. The quantitative estimate of drug-likeness (QED) is 0.897. The van der Waals surface area contributed by atoms with Crippen molar-refractivity contribution < 1.29 is 4.79 Å². The van der Waals surface area contributed by atoms with E-state index in [9.17, 15) is 4.79 Å². The third-order valence-corrected chi connectivity index (χ3v) is 4.84. The van der Waals surface area contributed by atoms with Gasteiger partial charge in [0.25, 0.3) is 0 Å². The summed E-state index contributed by atoms with van der Waals surface area (Å²) in [6.07, 6.45) is 3.39. The molecule has 0 aliphatic heterocycles. The van der Waals surface area contributed by atoms with Crippen molar-refractivity contribution in [3.05, 3.63) is 34.9 Å². The summed E-state index contributed by atoms with van der Waals surface area (Å²) in [6, 6.07) is 7.48. The lowest BCUT2D eigenvalue weighted by Crippen LogP contribution is -2.53. The van der Waals surface area contributed by atoms with E-state index >= 15 is 0 Å². The van der Waals surface area contributed by atoms with Gasteiger partial charge in [-0.15, -0.1) is 0 Å². The van der Waals surface area contributed by atoms with Crippen LogP contribution in [-0.4, -0.2) is 18.5 Å². The number of hydrogen-bond donors (Lipinski definition) is 2. The molecule has 116 valence electrons. The molecule has 0 saturated heterocycles. The Kier molecular flexibility index (Phi) is 4.64. The molecular weight excluding hydrogens is 284 g/mol. The SMILES string of the molecule is CC(C)(C)[C@H](N)C(=O)NCC1(c2ccc(Cl)cc2)CCC1. The predicted molar refractivity (Wildman–Crippen MR) is 87.4 cm³/mol. The fraction of sp³-hybridized carbons (Fsp3) is 0.588. The average molecular weight is 309 g/mol. The summed E-state index contributed by atoms with van der Waals surface area (Å²) >= 11 is 5.96. The van der Waals surface area contributed by atoms with Crippen LogP contribution in [0.3, 0.4) is 0 Å². The Morgan fingerprint density at radius 2 is 1.90 bits per heavy atom. The van der Waals surface area contributed by atoms with Crippen LogP contribution in [0.1, 0.15) is 45.6 Å². The molecule has 2 rings (SSSR count). The molecule has 0 radical (unpaired) electrons. The van der Waals surface area contributed by atoms with E-state index < -0.39 is 6.04 Å². The second-order valence-electron chi connectivity index (χ2n) is 7.20. The molecule has 0 spiro atoms. The van der Waals surface area contributed by atoms with E-state index in [1.54, 1.807) is 0 Å². The molecule has 4 heteroatoms. The van der Waals surface area contributed by atoms with Crippen LogP contribution in [-0.2, 0) is 10.2 Å². The lowest BCUT2D eigenvalue weighted by Gasteiger charge is -2.43. The van der Waals surface area contributed by atoms with E-state index in [1.165, 1.54) is 12.0 Å². The van der Waals surface area contributed by atoms with Gasteiger partial charge in [-0.3, -0.25) is 4.79 Å². The molecule has 0 heterocycles. The monoisotopic (exact) mass is 308 g/mol. The van der Waals surface area contributed by atoms with Crippen molar-refractivity contribution in [1.82, 2.24) is 5.32 Å². The summed E-state index contributed by atoms with van der Waals surface area (Å²) < 4.78 is 0. The van der Waals surface area contributed by atoms with E-state index in [2.05, 4.69) is 17.4 Å². The Balaban J connectivity index is 2.03. The minimum atomic E-state index is -0.486. The maximum absolute atomic E-state index is 12.2. The zero-order valence-corrected chi connectivity index (χ0v) is 13.8. The van der Waals surface area contributed by atoms with Gasteiger partial charge in [0.05, 0.1) is 6.04 Å². The minimum absolute atomic E-state index is 0.0534. The Morgan fingerprint density at radius 1 is 1.33 bits per heavy atom. The molecule has 1 aliphatic rings. The second kappa shape index (κ2) is 5.98. The van der Waals surface area contributed by atoms with Gasteiger partial charge in [0, 0.05) is 17.0 Å². The first kappa shape index (κ1) is 16.3. The zero-order valence-electron chi connectivity index (χ0n) is 13.1. The molecule has 0 unspecified atom stereocenters. The molecule has 3 N–H and O–H groups in total. The molecular formula is C17H25ClN2O. The van der Waals surface area contributed by atoms with E-state index in [4.69, 9.17) is 17.3 Å². The average Bonchev–Trinajstić information content (AvgIpc) is 2.37. The third-order valence-electron chi connectivity index (χ3n) is 4.58. The number of carbonyl (C=O) groups excluding carboxylic acids is 1. The highest BCUT2D eigenvalue weighted by molar-refractivity contribution is 6.30. The maximum atomic E-state index is 12.2. The molecule has 1 atom stereocenters. The fourth-order valence-electron chi connectivity index (χ4n) is 2.73.